The lowest BCUT2D eigenvalue weighted by molar-refractivity contribution is 0.299. The molecule has 20 heavy (non-hydrogen) atoms. The third kappa shape index (κ3) is 3.35. The summed E-state index contributed by atoms with van der Waals surface area (Å²) >= 11 is 0. The van der Waals surface area contributed by atoms with Crippen molar-refractivity contribution < 1.29 is 14.2 Å². The van der Waals surface area contributed by atoms with Gasteiger partial charge in [-0.3, -0.25) is 0 Å². The monoisotopic (exact) mass is 275 g/mol. The molecule has 0 fully saturated rings. The Kier molecular flexibility index (Phi) is 4.71. The molecule has 0 aliphatic carbocycles. The predicted molar refractivity (Wildman–Crippen MR) is 76.3 cm³/mol. The molecule has 0 amide bonds. The molecular weight excluding hydrogens is 257 g/mol. The third-order valence-corrected chi connectivity index (χ3v) is 3.03. The first kappa shape index (κ1) is 14.5. The van der Waals surface area contributed by atoms with Gasteiger partial charge in [0.1, 0.15) is 5.75 Å². The Bertz CT molecular complexity index is 567. The molecule has 3 N–H and O–H groups in total. The van der Waals surface area contributed by atoms with Gasteiger partial charge in [-0.15, -0.1) is 0 Å². The maximum absolute atomic E-state index is 13.9. The van der Waals surface area contributed by atoms with Crippen LogP contribution in [0.25, 0.3) is 0 Å². The van der Waals surface area contributed by atoms with E-state index >= 15 is 0 Å². The van der Waals surface area contributed by atoms with Crippen molar-refractivity contribution in [3.8, 4) is 11.5 Å². The summed E-state index contributed by atoms with van der Waals surface area (Å²) in [5.74, 6) is 0.273. The Labute approximate surface area is 117 Å². The van der Waals surface area contributed by atoms with Crippen molar-refractivity contribution in [1.29, 1.82) is 0 Å². The molecule has 2 rings (SSSR count). The van der Waals surface area contributed by atoms with E-state index in [9.17, 15) is 4.39 Å². The van der Waals surface area contributed by atoms with Crippen molar-refractivity contribution in [1.82, 2.24) is 0 Å². The summed E-state index contributed by atoms with van der Waals surface area (Å²) in [6.45, 7) is 1.88. The quantitative estimate of drug-likeness (QED) is 0.881. The molecule has 0 aliphatic rings. The molecule has 1 atom stereocenters. The number of halogens is 1. The minimum Gasteiger partial charge on any atom is -0.454 e. The van der Waals surface area contributed by atoms with E-state index in [0.717, 1.165) is 5.56 Å². The highest BCUT2D eigenvalue weighted by Crippen LogP contribution is 2.31. The van der Waals surface area contributed by atoms with Crippen LogP contribution in [-0.2, 0) is 6.42 Å². The molecule has 0 saturated carbocycles. The lowest BCUT2D eigenvalue weighted by atomic mass is 10.1. The minimum atomic E-state index is -0.431. The standard InChI is InChI=1S/C16H18FNO2/c1-11(18)14-3-2-4-15(17)16(14)20-13-7-5-12(6-8-13)9-10-19/h2-8,11,19H,9-10,18H2,1H3. The number of aliphatic hydroxyl groups excluding tert-OH is 1. The van der Waals surface area contributed by atoms with Crippen molar-refractivity contribution in [2.24, 2.45) is 5.73 Å². The van der Waals surface area contributed by atoms with Gasteiger partial charge in [0.25, 0.3) is 0 Å². The second-order valence-electron chi connectivity index (χ2n) is 4.67. The molecule has 2 aromatic carbocycles. The average Bonchev–Trinajstić information content (AvgIpc) is 2.43. The molecule has 0 saturated heterocycles. The largest absolute Gasteiger partial charge is 0.454 e. The highest BCUT2D eigenvalue weighted by atomic mass is 19.1. The molecule has 0 aliphatic heterocycles. The topological polar surface area (TPSA) is 55.5 Å². The molecule has 1 unspecified atom stereocenters. The van der Waals surface area contributed by atoms with E-state index in [2.05, 4.69) is 0 Å². The van der Waals surface area contributed by atoms with E-state index in [1.54, 1.807) is 31.2 Å². The third-order valence-electron chi connectivity index (χ3n) is 3.03. The van der Waals surface area contributed by atoms with Gasteiger partial charge in [0.05, 0.1) is 0 Å². The van der Waals surface area contributed by atoms with Crippen LogP contribution >= 0.6 is 0 Å². The smallest absolute Gasteiger partial charge is 0.167 e. The van der Waals surface area contributed by atoms with Gasteiger partial charge in [-0.1, -0.05) is 24.3 Å². The zero-order chi connectivity index (χ0) is 14.5. The summed E-state index contributed by atoms with van der Waals surface area (Å²) in [7, 11) is 0. The number of benzene rings is 2. The Balaban J connectivity index is 2.25. The number of ether oxygens (including phenoxy) is 1. The summed E-state index contributed by atoms with van der Waals surface area (Å²) in [4.78, 5) is 0. The van der Waals surface area contributed by atoms with Gasteiger partial charge in [0, 0.05) is 18.2 Å². The maximum atomic E-state index is 13.9. The van der Waals surface area contributed by atoms with Gasteiger partial charge < -0.3 is 15.6 Å². The fraction of sp³-hybridized carbons (Fsp3) is 0.250. The first-order valence-corrected chi connectivity index (χ1v) is 6.53. The number of hydrogen-bond donors (Lipinski definition) is 2. The van der Waals surface area contributed by atoms with Crippen LogP contribution in [0.2, 0.25) is 0 Å². The van der Waals surface area contributed by atoms with Gasteiger partial charge in [-0.25, -0.2) is 4.39 Å². The van der Waals surface area contributed by atoms with Gasteiger partial charge in [-0.05, 0) is 37.1 Å². The first-order valence-electron chi connectivity index (χ1n) is 6.53. The second kappa shape index (κ2) is 6.50. The number of hydrogen-bond acceptors (Lipinski definition) is 3. The van der Waals surface area contributed by atoms with Crippen molar-refractivity contribution in [2.45, 2.75) is 19.4 Å². The van der Waals surface area contributed by atoms with Crippen LogP contribution in [0.4, 0.5) is 4.39 Å². The van der Waals surface area contributed by atoms with Crippen LogP contribution < -0.4 is 10.5 Å². The van der Waals surface area contributed by atoms with Crippen LogP contribution in [0, 0.1) is 5.82 Å². The van der Waals surface area contributed by atoms with Crippen molar-refractivity contribution >= 4 is 0 Å². The average molecular weight is 275 g/mol. The highest BCUT2D eigenvalue weighted by molar-refractivity contribution is 5.41. The van der Waals surface area contributed by atoms with Crippen molar-refractivity contribution in [3.05, 3.63) is 59.4 Å². The molecule has 106 valence electrons. The molecule has 0 bridgehead atoms. The molecule has 0 spiro atoms. The Hall–Kier alpha value is -1.91. The Morgan fingerprint density at radius 2 is 1.90 bits per heavy atom. The van der Waals surface area contributed by atoms with E-state index in [1.807, 2.05) is 12.1 Å². The van der Waals surface area contributed by atoms with E-state index in [1.165, 1.54) is 6.07 Å². The van der Waals surface area contributed by atoms with Gasteiger partial charge in [0.2, 0.25) is 0 Å². The summed E-state index contributed by atoms with van der Waals surface area (Å²) in [6.07, 6.45) is 0.588. The summed E-state index contributed by atoms with van der Waals surface area (Å²) in [5.41, 5.74) is 7.46. The van der Waals surface area contributed by atoms with E-state index in [0.29, 0.717) is 17.7 Å². The molecular formula is C16H18FNO2. The Morgan fingerprint density at radius 1 is 1.20 bits per heavy atom. The van der Waals surface area contributed by atoms with Gasteiger partial charge in [0.15, 0.2) is 11.6 Å². The van der Waals surface area contributed by atoms with Crippen LogP contribution in [0.15, 0.2) is 42.5 Å². The highest BCUT2D eigenvalue weighted by Gasteiger charge is 2.13. The van der Waals surface area contributed by atoms with Crippen LogP contribution in [0.1, 0.15) is 24.1 Å². The number of rotatable bonds is 5. The lowest BCUT2D eigenvalue weighted by Gasteiger charge is -2.14. The van der Waals surface area contributed by atoms with Crippen LogP contribution in [0.3, 0.4) is 0 Å². The fourth-order valence-corrected chi connectivity index (χ4v) is 1.96. The summed E-state index contributed by atoms with van der Waals surface area (Å²) in [6, 6.07) is 11.6. The molecule has 3 nitrogen and oxygen atoms in total. The Morgan fingerprint density at radius 3 is 2.50 bits per heavy atom. The number of aliphatic hydroxyl groups is 1. The first-order chi connectivity index (χ1) is 9.61. The summed E-state index contributed by atoms with van der Waals surface area (Å²) in [5, 5.41) is 8.86. The lowest BCUT2D eigenvalue weighted by Crippen LogP contribution is -2.07. The van der Waals surface area contributed by atoms with Crippen LogP contribution in [-0.4, -0.2) is 11.7 Å². The van der Waals surface area contributed by atoms with E-state index < -0.39 is 5.82 Å². The zero-order valence-corrected chi connectivity index (χ0v) is 11.3. The van der Waals surface area contributed by atoms with Gasteiger partial charge >= 0.3 is 0 Å². The fourth-order valence-electron chi connectivity index (χ4n) is 1.96. The molecule has 0 heterocycles. The molecule has 4 heteroatoms. The number of nitrogens with two attached hydrogens (primary N) is 1. The SMILES string of the molecule is CC(N)c1cccc(F)c1Oc1ccc(CCO)cc1. The van der Waals surface area contributed by atoms with Crippen molar-refractivity contribution in [2.75, 3.05) is 6.61 Å². The van der Waals surface area contributed by atoms with Crippen LogP contribution in [0.5, 0.6) is 11.5 Å². The molecule has 2 aromatic rings. The minimum absolute atomic E-state index is 0.0996. The van der Waals surface area contributed by atoms with Crippen molar-refractivity contribution in [3.63, 3.8) is 0 Å². The van der Waals surface area contributed by atoms with E-state index in [-0.39, 0.29) is 18.4 Å². The molecule has 0 aromatic heterocycles. The van der Waals surface area contributed by atoms with Gasteiger partial charge in [-0.2, -0.15) is 0 Å². The summed E-state index contributed by atoms with van der Waals surface area (Å²) < 4.78 is 19.5. The van der Waals surface area contributed by atoms with E-state index in [4.69, 9.17) is 15.6 Å². The predicted octanol–water partition coefficient (Wildman–Crippen LogP) is 3.17. The maximum Gasteiger partial charge on any atom is 0.167 e. The second-order valence-corrected chi connectivity index (χ2v) is 4.67. The molecule has 0 radical (unpaired) electrons. The number of para-hydroxylation sites is 1. The normalized spacial score (nSPS) is 12.2. The zero-order valence-electron chi connectivity index (χ0n) is 11.3.